The van der Waals surface area contributed by atoms with E-state index >= 15 is 0 Å². The fourth-order valence-corrected chi connectivity index (χ4v) is 2.92. The molecule has 0 radical (unpaired) electrons. The maximum atomic E-state index is 13.6. The van der Waals surface area contributed by atoms with Crippen LogP contribution in [-0.4, -0.2) is 13.6 Å². The first kappa shape index (κ1) is 15.9. The summed E-state index contributed by atoms with van der Waals surface area (Å²) in [6.07, 6.45) is 0. The van der Waals surface area contributed by atoms with Gasteiger partial charge in [-0.25, -0.2) is 17.5 Å². The van der Waals surface area contributed by atoms with E-state index in [2.05, 4.69) is 9.88 Å². The molecule has 0 aliphatic heterocycles. The summed E-state index contributed by atoms with van der Waals surface area (Å²) in [7, 11) is -3.91. The number of halogens is 2. The minimum absolute atomic E-state index is 0.0676. The highest BCUT2D eigenvalue weighted by molar-refractivity contribution is 7.89. The van der Waals surface area contributed by atoms with Crippen molar-refractivity contribution >= 4 is 21.6 Å². The second kappa shape index (κ2) is 6.10. The number of aryl methyl sites for hydroxylation is 1. The third kappa shape index (κ3) is 3.59. The molecular formula is C12H13ClFN3O3S. The molecule has 0 bridgehead atoms. The largest absolute Gasteiger partial charge is 0.361 e. The van der Waals surface area contributed by atoms with E-state index in [4.69, 9.17) is 21.9 Å². The van der Waals surface area contributed by atoms with E-state index < -0.39 is 15.8 Å². The van der Waals surface area contributed by atoms with Crippen LogP contribution in [0.2, 0.25) is 5.02 Å². The van der Waals surface area contributed by atoms with Gasteiger partial charge in [0.1, 0.15) is 11.6 Å². The van der Waals surface area contributed by atoms with Crippen LogP contribution in [0.25, 0.3) is 0 Å². The molecule has 0 saturated carbocycles. The summed E-state index contributed by atoms with van der Waals surface area (Å²) >= 11 is 5.70. The Balaban J connectivity index is 2.25. The Bertz CT molecular complexity index is 761. The summed E-state index contributed by atoms with van der Waals surface area (Å²) in [5, 5.41) is 3.48. The molecule has 0 aliphatic carbocycles. The second-order valence-electron chi connectivity index (χ2n) is 4.34. The first-order valence-electron chi connectivity index (χ1n) is 5.93. The molecule has 114 valence electrons. The van der Waals surface area contributed by atoms with Crippen molar-refractivity contribution in [2.75, 3.05) is 0 Å². The molecule has 2 aromatic rings. The standard InChI is InChI=1S/C12H13ClFN3O3S/c1-7-2-9(17-20-7)6-16-21(18,19)10-3-8(5-15)12(13)11(14)4-10/h2-4,16H,5-6,15H2,1H3. The van der Waals surface area contributed by atoms with E-state index in [0.29, 0.717) is 11.5 Å². The van der Waals surface area contributed by atoms with Crippen LogP contribution in [0, 0.1) is 12.7 Å². The van der Waals surface area contributed by atoms with Gasteiger partial charge in [-0.3, -0.25) is 0 Å². The summed E-state index contributed by atoms with van der Waals surface area (Å²) in [6, 6.07) is 3.68. The highest BCUT2D eigenvalue weighted by atomic mass is 35.5. The summed E-state index contributed by atoms with van der Waals surface area (Å²) in [4.78, 5) is -0.245. The maximum Gasteiger partial charge on any atom is 0.241 e. The molecule has 9 heteroatoms. The summed E-state index contributed by atoms with van der Waals surface area (Å²) in [5.41, 5.74) is 6.05. The monoisotopic (exact) mass is 333 g/mol. The van der Waals surface area contributed by atoms with Crippen LogP contribution >= 0.6 is 11.6 Å². The topological polar surface area (TPSA) is 98.2 Å². The van der Waals surface area contributed by atoms with E-state index in [1.807, 2.05) is 0 Å². The zero-order valence-electron chi connectivity index (χ0n) is 11.1. The number of nitrogens with zero attached hydrogens (tertiary/aromatic N) is 1. The fraction of sp³-hybridized carbons (Fsp3) is 0.250. The zero-order chi connectivity index (χ0) is 15.6. The predicted octanol–water partition coefficient (Wildman–Crippen LogP) is 1.71. The molecule has 1 aromatic carbocycles. The van der Waals surface area contributed by atoms with Crippen molar-refractivity contribution in [3.05, 3.63) is 46.1 Å². The Hall–Kier alpha value is -1.48. The van der Waals surface area contributed by atoms with Crippen molar-refractivity contribution in [1.82, 2.24) is 9.88 Å². The molecule has 0 unspecified atom stereocenters. The molecule has 0 fully saturated rings. The van der Waals surface area contributed by atoms with Crippen LogP contribution in [0.3, 0.4) is 0 Å². The number of hydrogen-bond acceptors (Lipinski definition) is 5. The van der Waals surface area contributed by atoms with Crippen LogP contribution < -0.4 is 10.5 Å². The van der Waals surface area contributed by atoms with Gasteiger partial charge in [0.2, 0.25) is 10.0 Å². The molecule has 2 rings (SSSR count). The van der Waals surface area contributed by atoms with Gasteiger partial charge < -0.3 is 10.3 Å². The van der Waals surface area contributed by atoms with Gasteiger partial charge in [-0.05, 0) is 24.6 Å². The molecule has 0 aliphatic rings. The first-order chi connectivity index (χ1) is 9.83. The van der Waals surface area contributed by atoms with E-state index in [0.717, 1.165) is 6.07 Å². The molecule has 3 N–H and O–H groups in total. The number of benzene rings is 1. The lowest BCUT2D eigenvalue weighted by atomic mass is 10.2. The number of rotatable bonds is 5. The maximum absolute atomic E-state index is 13.6. The van der Waals surface area contributed by atoms with Gasteiger partial charge in [0, 0.05) is 12.6 Å². The molecule has 0 saturated heterocycles. The van der Waals surface area contributed by atoms with Crippen molar-refractivity contribution < 1.29 is 17.3 Å². The average molecular weight is 334 g/mol. The van der Waals surface area contributed by atoms with Gasteiger partial charge in [0.15, 0.2) is 0 Å². The Morgan fingerprint density at radius 1 is 1.43 bits per heavy atom. The third-order valence-corrected chi connectivity index (χ3v) is 4.53. The number of hydrogen-bond donors (Lipinski definition) is 2. The highest BCUT2D eigenvalue weighted by Gasteiger charge is 2.19. The van der Waals surface area contributed by atoms with Crippen LogP contribution in [0.5, 0.6) is 0 Å². The third-order valence-electron chi connectivity index (χ3n) is 2.73. The number of nitrogens with two attached hydrogens (primary N) is 1. The quantitative estimate of drug-likeness (QED) is 0.868. The number of sulfonamides is 1. The average Bonchev–Trinajstić information content (AvgIpc) is 2.85. The molecule has 0 atom stereocenters. The Morgan fingerprint density at radius 3 is 2.71 bits per heavy atom. The highest BCUT2D eigenvalue weighted by Crippen LogP contribution is 2.24. The summed E-state index contributed by atoms with van der Waals surface area (Å²) < 4.78 is 45.0. The molecule has 21 heavy (non-hydrogen) atoms. The smallest absolute Gasteiger partial charge is 0.241 e. The van der Waals surface area contributed by atoms with Crippen LogP contribution in [-0.2, 0) is 23.1 Å². The van der Waals surface area contributed by atoms with Crippen molar-refractivity contribution in [3.8, 4) is 0 Å². The van der Waals surface area contributed by atoms with E-state index in [1.54, 1.807) is 13.0 Å². The normalized spacial score (nSPS) is 11.8. The lowest BCUT2D eigenvalue weighted by Crippen LogP contribution is -2.24. The van der Waals surface area contributed by atoms with Gasteiger partial charge in [0.25, 0.3) is 0 Å². The Labute approximate surface area is 126 Å². The summed E-state index contributed by atoms with van der Waals surface area (Å²) in [5.74, 6) is -0.274. The molecule has 6 nitrogen and oxygen atoms in total. The zero-order valence-corrected chi connectivity index (χ0v) is 12.6. The molecule has 0 spiro atoms. The van der Waals surface area contributed by atoms with E-state index in [-0.39, 0.29) is 28.6 Å². The van der Waals surface area contributed by atoms with Gasteiger partial charge in [-0.15, -0.1) is 0 Å². The SMILES string of the molecule is Cc1cc(CNS(=O)(=O)c2cc(F)c(Cl)c(CN)c2)no1. The molecule has 0 amide bonds. The van der Waals surface area contributed by atoms with Crippen molar-refractivity contribution in [2.24, 2.45) is 5.73 Å². The van der Waals surface area contributed by atoms with Crippen molar-refractivity contribution in [2.45, 2.75) is 24.9 Å². The predicted molar refractivity (Wildman–Crippen MR) is 74.6 cm³/mol. The van der Waals surface area contributed by atoms with Crippen LogP contribution in [0.4, 0.5) is 4.39 Å². The minimum atomic E-state index is -3.91. The Kier molecular flexibility index (Phi) is 4.62. The first-order valence-corrected chi connectivity index (χ1v) is 7.79. The minimum Gasteiger partial charge on any atom is -0.361 e. The van der Waals surface area contributed by atoms with Crippen molar-refractivity contribution in [1.29, 1.82) is 0 Å². The van der Waals surface area contributed by atoms with Gasteiger partial charge in [-0.2, -0.15) is 0 Å². The Morgan fingerprint density at radius 2 is 2.14 bits per heavy atom. The van der Waals surface area contributed by atoms with Gasteiger partial charge in [-0.1, -0.05) is 16.8 Å². The van der Waals surface area contributed by atoms with Crippen LogP contribution in [0.15, 0.2) is 27.6 Å². The van der Waals surface area contributed by atoms with Gasteiger partial charge in [0.05, 0.1) is 22.2 Å². The molecular weight excluding hydrogens is 321 g/mol. The second-order valence-corrected chi connectivity index (χ2v) is 6.48. The van der Waals surface area contributed by atoms with E-state index in [9.17, 15) is 12.8 Å². The molecule has 1 heterocycles. The van der Waals surface area contributed by atoms with Crippen molar-refractivity contribution in [3.63, 3.8) is 0 Å². The van der Waals surface area contributed by atoms with Crippen LogP contribution in [0.1, 0.15) is 17.0 Å². The lowest BCUT2D eigenvalue weighted by Gasteiger charge is -2.09. The number of aromatic nitrogens is 1. The molecule has 1 aromatic heterocycles. The number of nitrogens with one attached hydrogen (secondary N) is 1. The lowest BCUT2D eigenvalue weighted by molar-refractivity contribution is 0.390. The fourth-order valence-electron chi connectivity index (χ4n) is 1.68. The summed E-state index contributed by atoms with van der Waals surface area (Å²) in [6.45, 7) is 1.55. The van der Waals surface area contributed by atoms with E-state index in [1.165, 1.54) is 6.07 Å². The van der Waals surface area contributed by atoms with Gasteiger partial charge >= 0.3 is 0 Å².